The SMILES string of the molecule is CC(C)Oc1nc(N)nc(SC2CCCCC2)n1. The molecule has 0 radical (unpaired) electrons. The quantitative estimate of drug-likeness (QED) is 0.905. The lowest BCUT2D eigenvalue weighted by Crippen LogP contribution is -2.13. The summed E-state index contributed by atoms with van der Waals surface area (Å²) in [7, 11) is 0. The monoisotopic (exact) mass is 268 g/mol. The number of aromatic nitrogens is 3. The molecule has 1 aliphatic carbocycles. The lowest BCUT2D eigenvalue weighted by atomic mass is 10.0. The van der Waals surface area contributed by atoms with E-state index in [0.29, 0.717) is 16.4 Å². The Balaban J connectivity index is 2.04. The Morgan fingerprint density at radius 3 is 2.56 bits per heavy atom. The number of rotatable bonds is 4. The third-order valence-electron chi connectivity index (χ3n) is 2.78. The summed E-state index contributed by atoms with van der Waals surface area (Å²) in [4.78, 5) is 12.5. The maximum absolute atomic E-state index is 5.68. The van der Waals surface area contributed by atoms with Crippen molar-refractivity contribution in [3.8, 4) is 6.01 Å². The third-order valence-corrected chi connectivity index (χ3v) is 3.98. The fourth-order valence-corrected chi connectivity index (χ4v) is 3.15. The number of hydrogen-bond donors (Lipinski definition) is 1. The highest BCUT2D eigenvalue weighted by molar-refractivity contribution is 7.99. The Labute approximate surface area is 112 Å². The molecule has 0 aliphatic heterocycles. The Kier molecular flexibility index (Phi) is 4.63. The van der Waals surface area contributed by atoms with Gasteiger partial charge in [-0.2, -0.15) is 15.0 Å². The first-order valence-electron chi connectivity index (χ1n) is 6.48. The molecule has 6 heteroatoms. The highest BCUT2D eigenvalue weighted by Crippen LogP contribution is 2.32. The van der Waals surface area contributed by atoms with Gasteiger partial charge in [0.05, 0.1) is 6.10 Å². The molecule has 0 saturated heterocycles. The maximum Gasteiger partial charge on any atom is 0.322 e. The van der Waals surface area contributed by atoms with Crippen LogP contribution in [0.3, 0.4) is 0 Å². The molecule has 2 N–H and O–H groups in total. The van der Waals surface area contributed by atoms with Gasteiger partial charge in [-0.1, -0.05) is 31.0 Å². The second kappa shape index (κ2) is 6.22. The molecular weight excluding hydrogens is 248 g/mol. The van der Waals surface area contributed by atoms with Crippen LogP contribution in [0.1, 0.15) is 46.0 Å². The number of nitrogens with two attached hydrogens (primary N) is 1. The highest BCUT2D eigenvalue weighted by Gasteiger charge is 2.17. The van der Waals surface area contributed by atoms with Crippen molar-refractivity contribution in [3.05, 3.63) is 0 Å². The molecule has 0 atom stereocenters. The van der Waals surface area contributed by atoms with Gasteiger partial charge in [0.15, 0.2) is 5.16 Å². The molecule has 2 rings (SSSR count). The molecule has 5 nitrogen and oxygen atoms in total. The fourth-order valence-electron chi connectivity index (χ4n) is 2.00. The first kappa shape index (κ1) is 13.4. The molecule has 18 heavy (non-hydrogen) atoms. The Morgan fingerprint density at radius 1 is 1.17 bits per heavy atom. The predicted molar refractivity (Wildman–Crippen MR) is 72.7 cm³/mol. The fraction of sp³-hybridized carbons (Fsp3) is 0.750. The summed E-state index contributed by atoms with van der Waals surface area (Å²) in [6.07, 6.45) is 6.45. The van der Waals surface area contributed by atoms with Crippen LogP contribution < -0.4 is 10.5 Å². The molecule has 1 saturated carbocycles. The van der Waals surface area contributed by atoms with Crippen molar-refractivity contribution < 1.29 is 4.74 Å². The molecule has 0 spiro atoms. The van der Waals surface area contributed by atoms with Gasteiger partial charge >= 0.3 is 6.01 Å². The van der Waals surface area contributed by atoms with Crippen LogP contribution in [0.4, 0.5) is 5.95 Å². The first-order chi connectivity index (χ1) is 8.63. The van der Waals surface area contributed by atoms with Crippen molar-refractivity contribution in [1.82, 2.24) is 15.0 Å². The lowest BCUT2D eigenvalue weighted by Gasteiger charge is -2.20. The van der Waals surface area contributed by atoms with E-state index in [2.05, 4.69) is 15.0 Å². The number of thioether (sulfide) groups is 1. The van der Waals surface area contributed by atoms with Gasteiger partial charge in [0.25, 0.3) is 0 Å². The van der Waals surface area contributed by atoms with Crippen molar-refractivity contribution in [2.45, 2.75) is 62.5 Å². The van der Waals surface area contributed by atoms with E-state index in [-0.39, 0.29) is 12.1 Å². The van der Waals surface area contributed by atoms with E-state index in [0.717, 1.165) is 0 Å². The van der Waals surface area contributed by atoms with E-state index in [1.54, 1.807) is 11.8 Å². The molecule has 1 aromatic heterocycles. The van der Waals surface area contributed by atoms with E-state index < -0.39 is 0 Å². The minimum absolute atomic E-state index is 0.0410. The van der Waals surface area contributed by atoms with E-state index in [1.807, 2.05) is 13.8 Å². The van der Waals surface area contributed by atoms with Crippen molar-refractivity contribution in [2.75, 3.05) is 5.73 Å². The molecule has 1 heterocycles. The molecule has 0 bridgehead atoms. The van der Waals surface area contributed by atoms with Crippen molar-refractivity contribution in [2.24, 2.45) is 0 Å². The number of ether oxygens (including phenoxy) is 1. The third kappa shape index (κ3) is 4.01. The van der Waals surface area contributed by atoms with Crippen molar-refractivity contribution >= 4 is 17.7 Å². The summed E-state index contributed by atoms with van der Waals surface area (Å²) in [5.41, 5.74) is 5.68. The average Bonchev–Trinajstić information content (AvgIpc) is 2.28. The zero-order valence-electron chi connectivity index (χ0n) is 10.9. The first-order valence-corrected chi connectivity index (χ1v) is 7.36. The van der Waals surface area contributed by atoms with E-state index in [1.165, 1.54) is 32.1 Å². The molecule has 1 fully saturated rings. The zero-order valence-corrected chi connectivity index (χ0v) is 11.7. The summed E-state index contributed by atoms with van der Waals surface area (Å²) in [6, 6.07) is 0.329. The number of nitrogen functional groups attached to an aromatic ring is 1. The maximum atomic E-state index is 5.68. The smallest absolute Gasteiger partial charge is 0.322 e. The normalized spacial score (nSPS) is 17.1. The van der Waals surface area contributed by atoms with Gasteiger partial charge in [0.2, 0.25) is 5.95 Å². The molecule has 100 valence electrons. The lowest BCUT2D eigenvalue weighted by molar-refractivity contribution is 0.219. The van der Waals surface area contributed by atoms with Gasteiger partial charge < -0.3 is 10.5 Å². The van der Waals surface area contributed by atoms with Crippen LogP contribution in [0, 0.1) is 0 Å². The second-order valence-electron chi connectivity index (χ2n) is 4.80. The Morgan fingerprint density at radius 2 is 1.89 bits per heavy atom. The van der Waals surface area contributed by atoms with Gasteiger partial charge in [-0.05, 0) is 26.7 Å². The van der Waals surface area contributed by atoms with Crippen LogP contribution in [0.25, 0.3) is 0 Å². The minimum Gasteiger partial charge on any atom is -0.461 e. The summed E-state index contributed by atoms with van der Waals surface area (Å²) in [5, 5.41) is 1.29. The number of hydrogen-bond acceptors (Lipinski definition) is 6. The standard InChI is InChI=1S/C12H20N4OS/c1-8(2)17-11-14-10(13)15-12(16-11)18-9-6-4-3-5-7-9/h8-9H,3-7H2,1-2H3,(H2,13,14,15,16). The predicted octanol–water partition coefficient (Wildman–Crippen LogP) is 2.67. The molecule has 0 amide bonds. The Bertz CT molecular complexity index is 394. The molecule has 1 aliphatic rings. The second-order valence-corrected chi connectivity index (χ2v) is 6.07. The zero-order chi connectivity index (χ0) is 13.0. The molecule has 0 unspecified atom stereocenters. The molecule has 1 aromatic rings. The van der Waals surface area contributed by atoms with Crippen LogP contribution in [-0.2, 0) is 0 Å². The van der Waals surface area contributed by atoms with Gasteiger partial charge in [-0.15, -0.1) is 0 Å². The van der Waals surface area contributed by atoms with Gasteiger partial charge in [-0.3, -0.25) is 0 Å². The van der Waals surface area contributed by atoms with E-state index >= 15 is 0 Å². The van der Waals surface area contributed by atoms with E-state index in [4.69, 9.17) is 10.5 Å². The summed E-state index contributed by atoms with van der Waals surface area (Å²) in [6.45, 7) is 3.88. The minimum atomic E-state index is 0.0410. The van der Waals surface area contributed by atoms with Gasteiger partial charge in [0.1, 0.15) is 0 Å². The molecule has 0 aromatic carbocycles. The van der Waals surface area contributed by atoms with Crippen LogP contribution >= 0.6 is 11.8 Å². The average molecular weight is 268 g/mol. The topological polar surface area (TPSA) is 73.9 Å². The summed E-state index contributed by atoms with van der Waals surface area (Å²) >= 11 is 1.70. The number of anilines is 1. The van der Waals surface area contributed by atoms with Gasteiger partial charge in [-0.25, -0.2) is 0 Å². The summed E-state index contributed by atoms with van der Waals surface area (Å²) in [5.74, 6) is 0.235. The van der Waals surface area contributed by atoms with Crippen LogP contribution in [0.15, 0.2) is 5.16 Å². The molecular formula is C12H20N4OS. The highest BCUT2D eigenvalue weighted by atomic mass is 32.2. The van der Waals surface area contributed by atoms with Crippen LogP contribution in [0.2, 0.25) is 0 Å². The van der Waals surface area contributed by atoms with Crippen molar-refractivity contribution in [3.63, 3.8) is 0 Å². The largest absolute Gasteiger partial charge is 0.461 e. The van der Waals surface area contributed by atoms with Gasteiger partial charge in [0, 0.05) is 5.25 Å². The number of nitrogens with zero attached hydrogens (tertiary/aromatic N) is 3. The van der Waals surface area contributed by atoms with E-state index in [9.17, 15) is 0 Å². The van der Waals surface area contributed by atoms with Crippen LogP contribution in [-0.4, -0.2) is 26.3 Å². The van der Waals surface area contributed by atoms with Crippen molar-refractivity contribution in [1.29, 1.82) is 0 Å². The summed E-state index contributed by atoms with van der Waals surface area (Å²) < 4.78 is 5.47. The van der Waals surface area contributed by atoms with Crippen LogP contribution in [0.5, 0.6) is 6.01 Å². The Hall–Kier alpha value is -1.04.